The molecule has 5 heteroatoms. The number of carbonyl (C=O) groups is 1. The Morgan fingerprint density at radius 1 is 0.968 bits per heavy atom. The van der Waals surface area contributed by atoms with Gasteiger partial charge in [0, 0.05) is 29.7 Å². The van der Waals surface area contributed by atoms with Gasteiger partial charge < -0.3 is 19.5 Å². The van der Waals surface area contributed by atoms with Crippen LogP contribution in [-0.2, 0) is 14.9 Å². The summed E-state index contributed by atoms with van der Waals surface area (Å²) >= 11 is 0. The Kier molecular flexibility index (Phi) is 6.14. The van der Waals surface area contributed by atoms with E-state index in [0.717, 1.165) is 33.5 Å². The van der Waals surface area contributed by atoms with Crippen molar-refractivity contribution in [2.24, 2.45) is 0 Å². The van der Waals surface area contributed by atoms with Crippen molar-refractivity contribution in [2.75, 3.05) is 25.6 Å². The van der Waals surface area contributed by atoms with E-state index >= 15 is 0 Å². The summed E-state index contributed by atoms with van der Waals surface area (Å²) in [5.74, 6) is 1.58. The van der Waals surface area contributed by atoms with E-state index in [4.69, 9.17) is 14.2 Å². The van der Waals surface area contributed by atoms with Gasteiger partial charge in [0.2, 0.25) is 5.91 Å². The van der Waals surface area contributed by atoms with Crippen LogP contribution >= 0.6 is 0 Å². The third-order valence-electron chi connectivity index (χ3n) is 5.92. The van der Waals surface area contributed by atoms with Crippen molar-refractivity contribution in [1.82, 2.24) is 0 Å². The van der Waals surface area contributed by atoms with Gasteiger partial charge in [-0.1, -0.05) is 36.4 Å². The number of amides is 1. The molecule has 1 aliphatic rings. The van der Waals surface area contributed by atoms with Crippen LogP contribution < -0.4 is 14.8 Å². The quantitative estimate of drug-likeness (QED) is 0.587. The molecular weight excluding hydrogens is 390 g/mol. The molecule has 4 rings (SSSR count). The lowest BCUT2D eigenvalue weighted by Crippen LogP contribution is -2.44. The average molecular weight is 420 g/mol. The predicted molar refractivity (Wildman–Crippen MR) is 123 cm³/mol. The van der Waals surface area contributed by atoms with Crippen molar-refractivity contribution >= 4 is 22.4 Å². The molecule has 1 heterocycles. The second kappa shape index (κ2) is 8.98. The van der Waals surface area contributed by atoms with Gasteiger partial charge in [-0.25, -0.2) is 0 Å². The van der Waals surface area contributed by atoms with E-state index in [1.807, 2.05) is 74.5 Å². The van der Waals surface area contributed by atoms with Crippen molar-refractivity contribution < 1.29 is 19.0 Å². The van der Waals surface area contributed by atoms with Crippen LogP contribution in [0.1, 0.15) is 32.3 Å². The first-order valence-corrected chi connectivity index (χ1v) is 10.8. The molecule has 3 aromatic carbocycles. The topological polar surface area (TPSA) is 56.8 Å². The maximum Gasteiger partial charge on any atom is 0.235 e. The number of carbonyl (C=O) groups excluding carboxylic acids is 1. The fourth-order valence-electron chi connectivity index (χ4n) is 4.26. The Hall–Kier alpha value is -3.05. The smallest absolute Gasteiger partial charge is 0.235 e. The SMILES string of the molecule is COc1ccc(C2(C(=O)Nc3ccc(OC(C)C)c4ccccc34)CCOCC2)cc1. The van der Waals surface area contributed by atoms with E-state index < -0.39 is 5.41 Å². The van der Waals surface area contributed by atoms with E-state index in [-0.39, 0.29) is 12.0 Å². The summed E-state index contributed by atoms with van der Waals surface area (Å²) in [6.45, 7) is 5.13. The number of rotatable bonds is 6. The molecule has 1 aliphatic heterocycles. The van der Waals surface area contributed by atoms with Crippen molar-refractivity contribution in [3.8, 4) is 11.5 Å². The van der Waals surface area contributed by atoms with E-state index in [1.54, 1.807) is 7.11 Å². The number of anilines is 1. The first-order valence-electron chi connectivity index (χ1n) is 10.8. The predicted octanol–water partition coefficient (Wildman–Crippen LogP) is 5.32. The number of methoxy groups -OCH3 is 1. The second-order valence-corrected chi connectivity index (χ2v) is 8.20. The van der Waals surface area contributed by atoms with Crippen LogP contribution in [-0.4, -0.2) is 32.3 Å². The van der Waals surface area contributed by atoms with Gasteiger partial charge in [0.25, 0.3) is 0 Å². The molecule has 5 nitrogen and oxygen atoms in total. The minimum Gasteiger partial charge on any atom is -0.497 e. The Balaban J connectivity index is 1.70. The van der Waals surface area contributed by atoms with Crippen LogP contribution in [0, 0.1) is 0 Å². The van der Waals surface area contributed by atoms with Gasteiger partial charge in [-0.15, -0.1) is 0 Å². The third-order valence-corrected chi connectivity index (χ3v) is 5.92. The Labute approximate surface area is 183 Å². The van der Waals surface area contributed by atoms with Gasteiger partial charge in [-0.3, -0.25) is 4.79 Å². The molecule has 0 bridgehead atoms. The van der Waals surface area contributed by atoms with Crippen molar-refractivity contribution in [3.05, 3.63) is 66.2 Å². The summed E-state index contributed by atoms with van der Waals surface area (Å²) < 4.78 is 16.9. The summed E-state index contributed by atoms with van der Waals surface area (Å²) in [4.78, 5) is 13.7. The fourth-order valence-corrected chi connectivity index (χ4v) is 4.26. The highest BCUT2D eigenvalue weighted by atomic mass is 16.5. The van der Waals surface area contributed by atoms with E-state index in [9.17, 15) is 4.79 Å². The molecule has 0 aliphatic carbocycles. The molecule has 0 atom stereocenters. The normalized spacial score (nSPS) is 15.6. The first-order chi connectivity index (χ1) is 15.0. The van der Waals surface area contributed by atoms with Gasteiger partial charge in [-0.2, -0.15) is 0 Å². The van der Waals surface area contributed by atoms with Crippen LogP contribution in [0.15, 0.2) is 60.7 Å². The molecule has 1 fully saturated rings. The molecule has 31 heavy (non-hydrogen) atoms. The summed E-state index contributed by atoms with van der Waals surface area (Å²) in [6.07, 6.45) is 1.35. The van der Waals surface area contributed by atoms with E-state index in [0.29, 0.717) is 26.1 Å². The van der Waals surface area contributed by atoms with Gasteiger partial charge in [-0.05, 0) is 56.5 Å². The Morgan fingerprint density at radius 2 is 1.65 bits per heavy atom. The fraction of sp³-hybridized carbons (Fsp3) is 0.346. The number of ether oxygens (including phenoxy) is 3. The lowest BCUT2D eigenvalue weighted by atomic mass is 9.73. The molecule has 1 N–H and O–H groups in total. The molecule has 0 spiro atoms. The largest absolute Gasteiger partial charge is 0.497 e. The minimum atomic E-state index is -0.640. The number of hydrogen-bond acceptors (Lipinski definition) is 4. The summed E-state index contributed by atoms with van der Waals surface area (Å²) in [5, 5.41) is 5.17. The summed E-state index contributed by atoms with van der Waals surface area (Å²) in [6, 6.07) is 19.7. The number of hydrogen-bond donors (Lipinski definition) is 1. The zero-order valence-corrected chi connectivity index (χ0v) is 18.3. The van der Waals surface area contributed by atoms with Gasteiger partial charge in [0.05, 0.1) is 18.6 Å². The highest BCUT2D eigenvalue weighted by Crippen LogP contribution is 2.38. The van der Waals surface area contributed by atoms with Gasteiger partial charge in [0.15, 0.2) is 0 Å². The van der Waals surface area contributed by atoms with Crippen LogP contribution in [0.5, 0.6) is 11.5 Å². The maximum atomic E-state index is 13.7. The maximum absolute atomic E-state index is 13.7. The van der Waals surface area contributed by atoms with Crippen molar-refractivity contribution in [1.29, 1.82) is 0 Å². The first kappa shape index (κ1) is 21.2. The lowest BCUT2D eigenvalue weighted by molar-refractivity contribution is -0.125. The molecule has 3 aromatic rings. The molecular formula is C26H29NO4. The minimum absolute atomic E-state index is 0.0105. The number of fused-ring (bicyclic) bond motifs is 1. The summed E-state index contributed by atoms with van der Waals surface area (Å²) in [5.41, 5.74) is 1.13. The Bertz CT molecular complexity index is 1050. The molecule has 162 valence electrons. The Morgan fingerprint density at radius 3 is 2.29 bits per heavy atom. The van der Waals surface area contributed by atoms with Crippen molar-refractivity contribution in [3.63, 3.8) is 0 Å². The van der Waals surface area contributed by atoms with E-state index in [2.05, 4.69) is 5.32 Å². The average Bonchev–Trinajstić information content (AvgIpc) is 2.81. The highest BCUT2D eigenvalue weighted by Gasteiger charge is 2.42. The molecule has 0 radical (unpaired) electrons. The summed E-state index contributed by atoms with van der Waals surface area (Å²) in [7, 11) is 1.64. The number of nitrogens with one attached hydrogen (secondary N) is 1. The van der Waals surface area contributed by atoms with Gasteiger partial charge in [0.1, 0.15) is 11.5 Å². The van der Waals surface area contributed by atoms with Crippen molar-refractivity contribution in [2.45, 2.75) is 38.2 Å². The van der Waals surface area contributed by atoms with Crippen LogP contribution in [0.25, 0.3) is 10.8 Å². The zero-order valence-electron chi connectivity index (χ0n) is 18.3. The standard InChI is InChI=1S/C26H29NO4/c1-18(2)31-24-13-12-23(21-6-4-5-7-22(21)24)27-25(28)26(14-16-30-17-15-26)19-8-10-20(29-3)11-9-19/h4-13,18H,14-17H2,1-3H3,(H,27,28). The number of benzene rings is 3. The van der Waals surface area contributed by atoms with Gasteiger partial charge >= 0.3 is 0 Å². The lowest BCUT2D eigenvalue weighted by Gasteiger charge is -2.36. The monoisotopic (exact) mass is 419 g/mol. The van der Waals surface area contributed by atoms with Crippen LogP contribution in [0.2, 0.25) is 0 Å². The molecule has 0 saturated carbocycles. The third kappa shape index (κ3) is 4.23. The molecule has 1 amide bonds. The van der Waals surface area contributed by atoms with E-state index in [1.165, 1.54) is 0 Å². The molecule has 0 aromatic heterocycles. The highest BCUT2D eigenvalue weighted by molar-refractivity contribution is 6.07. The molecule has 1 saturated heterocycles. The van der Waals surface area contributed by atoms with Crippen LogP contribution in [0.3, 0.4) is 0 Å². The second-order valence-electron chi connectivity index (χ2n) is 8.20. The molecule has 0 unspecified atom stereocenters. The van der Waals surface area contributed by atoms with Crippen LogP contribution in [0.4, 0.5) is 5.69 Å². The zero-order chi connectivity index (χ0) is 21.8.